The fraction of sp³-hybridized carbons (Fsp3) is 0.531. The Bertz CT molecular complexity index is 1440. The first-order valence-electron chi connectivity index (χ1n) is 15.2. The lowest BCUT2D eigenvalue weighted by Gasteiger charge is -2.36. The molecule has 1 saturated carbocycles. The van der Waals surface area contributed by atoms with E-state index in [4.69, 9.17) is 9.47 Å². The number of carbonyl (C=O) groups excluding carboxylic acids is 2. The number of imide groups is 1. The Morgan fingerprint density at radius 3 is 2.52 bits per heavy atom. The molecule has 1 atom stereocenters. The number of anilines is 1. The summed E-state index contributed by atoms with van der Waals surface area (Å²) in [7, 11) is 1.92. The first kappa shape index (κ1) is 29.1. The van der Waals surface area contributed by atoms with Gasteiger partial charge < -0.3 is 14.4 Å². The van der Waals surface area contributed by atoms with Crippen LogP contribution in [0.25, 0.3) is 10.9 Å². The molecule has 3 fully saturated rings. The largest absolute Gasteiger partial charge is 0.490 e. The first-order chi connectivity index (χ1) is 20.4. The van der Waals surface area contributed by atoms with Gasteiger partial charge in [-0.25, -0.2) is 0 Å². The second-order valence-corrected chi connectivity index (χ2v) is 12.6. The quantitative estimate of drug-likeness (QED) is 0.358. The fourth-order valence-electron chi connectivity index (χ4n) is 6.47. The number of fused-ring (bicyclic) bond motifs is 1. The van der Waals surface area contributed by atoms with E-state index in [2.05, 4.69) is 73.4 Å². The highest BCUT2D eigenvalue weighted by Crippen LogP contribution is 2.33. The molecule has 1 aromatic heterocycles. The van der Waals surface area contributed by atoms with Crippen LogP contribution >= 0.6 is 15.9 Å². The summed E-state index contributed by atoms with van der Waals surface area (Å²) in [6, 6.07) is 12.5. The van der Waals surface area contributed by atoms with Crippen molar-refractivity contribution in [1.29, 1.82) is 0 Å². The number of piperidine rings is 1. The molecule has 2 saturated heterocycles. The van der Waals surface area contributed by atoms with Crippen molar-refractivity contribution in [2.75, 3.05) is 44.2 Å². The molecule has 0 bridgehead atoms. The first-order valence-corrected chi connectivity index (χ1v) is 16.0. The molecule has 6 rings (SSSR count). The van der Waals surface area contributed by atoms with E-state index in [1.807, 2.05) is 17.8 Å². The molecule has 2 aliphatic heterocycles. The number of carbonyl (C=O) groups is 2. The normalized spacial score (nSPS) is 23.8. The van der Waals surface area contributed by atoms with E-state index in [-0.39, 0.29) is 23.8 Å². The van der Waals surface area contributed by atoms with E-state index in [1.54, 1.807) is 0 Å². The summed E-state index contributed by atoms with van der Waals surface area (Å²) in [5, 5.41) is 8.13. The molecule has 224 valence electrons. The zero-order valence-electron chi connectivity index (χ0n) is 24.5. The van der Waals surface area contributed by atoms with E-state index in [0.717, 1.165) is 97.4 Å². The van der Waals surface area contributed by atoms with Crippen molar-refractivity contribution >= 4 is 44.3 Å². The molecular weight excluding hydrogens is 598 g/mol. The van der Waals surface area contributed by atoms with Crippen molar-refractivity contribution in [2.45, 2.75) is 63.6 Å². The van der Waals surface area contributed by atoms with Crippen LogP contribution in [0.1, 0.15) is 55.7 Å². The molecule has 3 heterocycles. The number of hydrogen-bond acceptors (Lipinski definition) is 7. The lowest BCUT2D eigenvalue weighted by molar-refractivity contribution is -0.134. The van der Waals surface area contributed by atoms with Crippen LogP contribution in [0.2, 0.25) is 0 Å². The number of benzene rings is 2. The third-order valence-electron chi connectivity index (χ3n) is 9.06. The highest BCUT2D eigenvalue weighted by molar-refractivity contribution is 9.10. The molecule has 0 radical (unpaired) electrons. The number of ether oxygens (including phenoxy) is 2. The van der Waals surface area contributed by atoms with Crippen molar-refractivity contribution in [1.82, 2.24) is 20.0 Å². The minimum Gasteiger partial charge on any atom is -0.490 e. The predicted octanol–water partition coefficient (Wildman–Crippen LogP) is 4.69. The summed E-state index contributed by atoms with van der Waals surface area (Å²) in [6.45, 7) is 7.74. The topological polar surface area (TPSA) is 88.9 Å². The van der Waals surface area contributed by atoms with Gasteiger partial charge in [-0.2, -0.15) is 5.10 Å². The van der Waals surface area contributed by atoms with Crippen LogP contribution in [-0.4, -0.2) is 78.0 Å². The zero-order chi connectivity index (χ0) is 29.2. The molecule has 2 aromatic carbocycles. The van der Waals surface area contributed by atoms with Gasteiger partial charge >= 0.3 is 0 Å². The van der Waals surface area contributed by atoms with Crippen LogP contribution in [0.15, 0.2) is 40.9 Å². The lowest BCUT2D eigenvalue weighted by atomic mass is 9.93. The van der Waals surface area contributed by atoms with Crippen molar-refractivity contribution in [3.05, 3.63) is 52.1 Å². The molecule has 10 heteroatoms. The van der Waals surface area contributed by atoms with Gasteiger partial charge in [-0.15, -0.1) is 0 Å². The molecule has 1 aliphatic carbocycles. The Hall–Kier alpha value is -2.95. The van der Waals surface area contributed by atoms with Gasteiger partial charge in [-0.1, -0.05) is 22.0 Å². The number of rotatable bonds is 8. The van der Waals surface area contributed by atoms with Crippen molar-refractivity contribution in [3.8, 4) is 5.75 Å². The second-order valence-electron chi connectivity index (χ2n) is 11.8. The number of piperazine rings is 1. The molecule has 1 unspecified atom stereocenters. The number of halogens is 1. The van der Waals surface area contributed by atoms with Crippen molar-refractivity contribution in [2.24, 2.45) is 7.05 Å². The molecule has 1 N–H and O–H groups in total. The number of nitrogens with zero attached hydrogens (tertiary/aromatic N) is 4. The molecule has 9 nitrogen and oxygen atoms in total. The van der Waals surface area contributed by atoms with E-state index in [1.165, 1.54) is 5.69 Å². The Morgan fingerprint density at radius 2 is 1.76 bits per heavy atom. The highest BCUT2D eigenvalue weighted by Gasteiger charge is 2.32. The smallest absolute Gasteiger partial charge is 0.235 e. The van der Waals surface area contributed by atoms with Gasteiger partial charge in [0.15, 0.2) is 0 Å². The number of aryl methyl sites for hydroxylation is 1. The summed E-state index contributed by atoms with van der Waals surface area (Å²) in [5.74, 6) is 0.145. The number of hydrogen-bond donors (Lipinski definition) is 1. The molecule has 0 spiro atoms. The van der Waals surface area contributed by atoms with Gasteiger partial charge in [-0.05, 0) is 69.4 Å². The van der Waals surface area contributed by atoms with E-state index in [9.17, 15) is 9.59 Å². The van der Waals surface area contributed by atoms with Gasteiger partial charge in [-0.3, -0.25) is 24.5 Å². The zero-order valence-corrected chi connectivity index (χ0v) is 26.1. The van der Waals surface area contributed by atoms with Gasteiger partial charge in [0.25, 0.3) is 0 Å². The lowest BCUT2D eigenvalue weighted by Crippen LogP contribution is -2.47. The maximum absolute atomic E-state index is 12.5. The summed E-state index contributed by atoms with van der Waals surface area (Å²) in [5.41, 5.74) is 4.10. The SMILES string of the molecule is Cc1c(Br)cccc1OC1CCC(OCCN2CCN(c3ccc4c(C5CCC(=O)NC5=O)nn(C)c4c3)CC2)CC1. The second kappa shape index (κ2) is 12.7. The minimum atomic E-state index is -0.382. The van der Waals surface area contributed by atoms with E-state index in [0.29, 0.717) is 18.9 Å². The maximum Gasteiger partial charge on any atom is 0.235 e. The standard InChI is InChI=1S/C32H40BrN5O4/c1-21-27(33)4-3-5-29(21)42-24-9-7-23(8-10-24)41-19-18-37-14-16-38(17-15-37)22-6-11-25-28(20-22)36(2)35-31(25)26-12-13-30(39)34-32(26)40/h3-6,11,20,23-24,26H,7-10,12-19H2,1-2H3,(H,34,39,40). The van der Waals surface area contributed by atoms with Gasteiger partial charge in [0.2, 0.25) is 11.8 Å². The van der Waals surface area contributed by atoms with Crippen LogP contribution in [-0.2, 0) is 21.4 Å². The average molecular weight is 639 g/mol. The number of nitrogens with one attached hydrogen (secondary N) is 1. The van der Waals surface area contributed by atoms with Gasteiger partial charge in [0.1, 0.15) is 5.75 Å². The minimum absolute atomic E-state index is 0.204. The molecule has 3 aliphatic rings. The van der Waals surface area contributed by atoms with Crippen molar-refractivity contribution in [3.63, 3.8) is 0 Å². The molecule has 2 amide bonds. The van der Waals surface area contributed by atoms with Crippen LogP contribution in [0.4, 0.5) is 5.69 Å². The van der Waals surface area contributed by atoms with Gasteiger partial charge in [0.05, 0.1) is 35.9 Å². The predicted molar refractivity (Wildman–Crippen MR) is 166 cm³/mol. The van der Waals surface area contributed by atoms with Crippen LogP contribution < -0.4 is 15.0 Å². The average Bonchev–Trinajstić information content (AvgIpc) is 3.32. The fourth-order valence-corrected chi connectivity index (χ4v) is 6.82. The van der Waals surface area contributed by atoms with E-state index < -0.39 is 0 Å². The van der Waals surface area contributed by atoms with Crippen LogP contribution in [0.3, 0.4) is 0 Å². The number of aromatic nitrogens is 2. The van der Waals surface area contributed by atoms with Crippen LogP contribution in [0, 0.1) is 6.92 Å². The summed E-state index contributed by atoms with van der Waals surface area (Å²) >= 11 is 3.60. The highest BCUT2D eigenvalue weighted by atomic mass is 79.9. The Kier molecular flexibility index (Phi) is 8.83. The molecule has 42 heavy (non-hydrogen) atoms. The Labute approximate surface area is 255 Å². The third-order valence-corrected chi connectivity index (χ3v) is 9.92. The summed E-state index contributed by atoms with van der Waals surface area (Å²) in [6.07, 6.45) is 5.61. The monoisotopic (exact) mass is 637 g/mol. The Morgan fingerprint density at radius 1 is 1.00 bits per heavy atom. The summed E-state index contributed by atoms with van der Waals surface area (Å²) < 4.78 is 15.5. The maximum atomic E-state index is 12.5. The van der Waals surface area contributed by atoms with Crippen molar-refractivity contribution < 1.29 is 19.1 Å². The van der Waals surface area contributed by atoms with Crippen LogP contribution in [0.5, 0.6) is 5.75 Å². The molecular formula is C32H40BrN5O4. The summed E-state index contributed by atoms with van der Waals surface area (Å²) in [4.78, 5) is 29.0. The van der Waals surface area contributed by atoms with Gasteiger partial charge in [0, 0.05) is 67.3 Å². The third kappa shape index (κ3) is 6.35. The number of amides is 2. The molecule has 3 aromatic rings. The Balaban J connectivity index is 0.947. The van der Waals surface area contributed by atoms with E-state index >= 15 is 0 Å².